The molecule has 1 amide bonds. The van der Waals surface area contributed by atoms with Gasteiger partial charge in [-0.05, 0) is 11.4 Å². The zero-order valence-electron chi connectivity index (χ0n) is 9.44. The van der Waals surface area contributed by atoms with Gasteiger partial charge in [-0.2, -0.15) is 0 Å². The summed E-state index contributed by atoms with van der Waals surface area (Å²) in [5.74, 6) is -0.410. The molecule has 1 rings (SSSR count). The molecule has 0 aliphatic heterocycles. The Balaban J connectivity index is 2.66. The van der Waals surface area contributed by atoms with Crippen molar-refractivity contribution in [1.82, 2.24) is 5.32 Å². The standard InChI is InChI=1S/C11H14BrNO3S/c1-16-11(15)7-8(9-3-2-6-17-9)13-10(14)4-5-12/h2-3,6,8H,4-5,7H2,1H3,(H,13,14). The molecule has 0 aliphatic carbocycles. The monoisotopic (exact) mass is 319 g/mol. The molecule has 1 heterocycles. The summed E-state index contributed by atoms with van der Waals surface area (Å²) in [5.41, 5.74) is 0. The average Bonchev–Trinajstić information content (AvgIpc) is 2.81. The number of ether oxygens (including phenoxy) is 1. The normalized spacial score (nSPS) is 11.9. The van der Waals surface area contributed by atoms with Crippen LogP contribution in [-0.4, -0.2) is 24.3 Å². The Bertz CT molecular complexity index is 367. The summed E-state index contributed by atoms with van der Waals surface area (Å²) in [6, 6.07) is 3.49. The highest BCUT2D eigenvalue weighted by atomic mass is 79.9. The summed E-state index contributed by atoms with van der Waals surface area (Å²) in [6.07, 6.45) is 0.550. The Hall–Kier alpha value is -0.880. The van der Waals surface area contributed by atoms with E-state index in [4.69, 9.17) is 0 Å². The fourth-order valence-corrected chi connectivity index (χ4v) is 2.45. The number of nitrogens with one attached hydrogen (secondary N) is 1. The highest BCUT2D eigenvalue weighted by Crippen LogP contribution is 2.22. The van der Waals surface area contributed by atoms with Crippen molar-refractivity contribution < 1.29 is 14.3 Å². The quantitative estimate of drug-likeness (QED) is 0.646. The summed E-state index contributed by atoms with van der Waals surface area (Å²) in [4.78, 5) is 23.8. The summed E-state index contributed by atoms with van der Waals surface area (Å²) < 4.78 is 4.63. The zero-order chi connectivity index (χ0) is 12.7. The largest absolute Gasteiger partial charge is 0.469 e. The van der Waals surface area contributed by atoms with Crippen molar-refractivity contribution in [2.24, 2.45) is 0 Å². The average molecular weight is 320 g/mol. The number of alkyl halides is 1. The topological polar surface area (TPSA) is 55.4 Å². The first kappa shape index (κ1) is 14.2. The number of hydrogen-bond acceptors (Lipinski definition) is 4. The third-order valence-electron chi connectivity index (χ3n) is 2.14. The predicted molar refractivity (Wildman–Crippen MR) is 70.2 cm³/mol. The Labute approximate surface area is 112 Å². The Morgan fingerprint density at radius 3 is 2.88 bits per heavy atom. The number of thiophene rings is 1. The molecule has 0 spiro atoms. The maximum atomic E-state index is 11.5. The summed E-state index contributed by atoms with van der Waals surface area (Å²) in [5, 5.41) is 5.34. The first-order valence-electron chi connectivity index (χ1n) is 5.13. The predicted octanol–water partition coefficient (Wildman–Crippen LogP) is 2.25. The van der Waals surface area contributed by atoms with Gasteiger partial charge in [-0.15, -0.1) is 11.3 Å². The molecule has 6 heteroatoms. The fourth-order valence-electron chi connectivity index (χ4n) is 1.31. The van der Waals surface area contributed by atoms with Crippen molar-refractivity contribution in [3.8, 4) is 0 Å². The molecular formula is C11H14BrNO3S. The molecule has 94 valence electrons. The van der Waals surface area contributed by atoms with E-state index in [0.29, 0.717) is 11.8 Å². The van der Waals surface area contributed by atoms with Gasteiger partial charge in [-0.1, -0.05) is 22.0 Å². The van der Waals surface area contributed by atoms with Crippen molar-refractivity contribution in [3.05, 3.63) is 22.4 Å². The highest BCUT2D eigenvalue weighted by molar-refractivity contribution is 9.09. The van der Waals surface area contributed by atoms with Gasteiger partial charge in [0, 0.05) is 16.6 Å². The molecule has 0 aliphatic rings. The van der Waals surface area contributed by atoms with Gasteiger partial charge in [0.05, 0.1) is 19.6 Å². The highest BCUT2D eigenvalue weighted by Gasteiger charge is 2.19. The van der Waals surface area contributed by atoms with Crippen LogP contribution in [0.15, 0.2) is 17.5 Å². The lowest BCUT2D eigenvalue weighted by atomic mass is 10.1. The molecule has 0 aromatic carbocycles. The zero-order valence-corrected chi connectivity index (χ0v) is 11.8. The van der Waals surface area contributed by atoms with Gasteiger partial charge in [-0.25, -0.2) is 0 Å². The molecule has 0 saturated carbocycles. The molecule has 0 fully saturated rings. The number of halogens is 1. The van der Waals surface area contributed by atoms with E-state index in [1.807, 2.05) is 17.5 Å². The van der Waals surface area contributed by atoms with E-state index in [1.54, 1.807) is 0 Å². The van der Waals surface area contributed by atoms with Crippen molar-refractivity contribution in [2.45, 2.75) is 18.9 Å². The molecular weight excluding hydrogens is 306 g/mol. The second-order valence-electron chi connectivity index (χ2n) is 3.35. The van der Waals surface area contributed by atoms with Crippen LogP contribution in [-0.2, 0) is 14.3 Å². The number of esters is 1. The van der Waals surface area contributed by atoms with Gasteiger partial charge in [0.25, 0.3) is 0 Å². The third-order valence-corrected chi connectivity index (χ3v) is 3.52. The van der Waals surface area contributed by atoms with Crippen LogP contribution < -0.4 is 5.32 Å². The number of hydrogen-bond donors (Lipinski definition) is 1. The van der Waals surface area contributed by atoms with Crippen LogP contribution in [0.25, 0.3) is 0 Å². The molecule has 1 aromatic rings. The van der Waals surface area contributed by atoms with E-state index >= 15 is 0 Å². The van der Waals surface area contributed by atoms with E-state index in [2.05, 4.69) is 26.0 Å². The van der Waals surface area contributed by atoms with Crippen LogP contribution in [0.2, 0.25) is 0 Å². The Morgan fingerprint density at radius 2 is 2.35 bits per heavy atom. The van der Waals surface area contributed by atoms with Crippen molar-refractivity contribution in [2.75, 3.05) is 12.4 Å². The maximum absolute atomic E-state index is 11.5. The van der Waals surface area contributed by atoms with Gasteiger partial charge in [-0.3, -0.25) is 9.59 Å². The van der Waals surface area contributed by atoms with Crippen LogP contribution >= 0.6 is 27.3 Å². The minimum absolute atomic E-state index is 0.0795. The van der Waals surface area contributed by atoms with E-state index < -0.39 is 0 Å². The maximum Gasteiger partial charge on any atom is 0.307 e. The van der Waals surface area contributed by atoms with E-state index in [-0.39, 0.29) is 24.3 Å². The number of carbonyl (C=O) groups excluding carboxylic acids is 2. The minimum Gasteiger partial charge on any atom is -0.469 e. The van der Waals surface area contributed by atoms with Gasteiger partial charge in [0.15, 0.2) is 0 Å². The first-order chi connectivity index (χ1) is 8.17. The molecule has 0 radical (unpaired) electrons. The lowest BCUT2D eigenvalue weighted by Gasteiger charge is -2.15. The second kappa shape index (κ2) is 7.45. The van der Waals surface area contributed by atoms with Crippen molar-refractivity contribution in [3.63, 3.8) is 0 Å². The van der Waals surface area contributed by atoms with Gasteiger partial charge < -0.3 is 10.1 Å². The summed E-state index contributed by atoms with van der Waals surface area (Å²) in [6.45, 7) is 0. The van der Waals surface area contributed by atoms with Gasteiger partial charge >= 0.3 is 5.97 Å². The van der Waals surface area contributed by atoms with E-state index in [1.165, 1.54) is 18.4 Å². The van der Waals surface area contributed by atoms with Crippen LogP contribution in [0.5, 0.6) is 0 Å². The molecule has 0 saturated heterocycles. The van der Waals surface area contributed by atoms with E-state index in [0.717, 1.165) is 4.88 Å². The number of amides is 1. The lowest BCUT2D eigenvalue weighted by molar-refractivity contribution is -0.141. The molecule has 1 N–H and O–H groups in total. The summed E-state index contributed by atoms with van der Waals surface area (Å²) >= 11 is 4.71. The molecule has 17 heavy (non-hydrogen) atoms. The molecule has 1 atom stereocenters. The Kier molecular flexibility index (Phi) is 6.21. The third kappa shape index (κ3) is 4.87. The smallest absolute Gasteiger partial charge is 0.307 e. The second-order valence-corrected chi connectivity index (χ2v) is 5.13. The van der Waals surface area contributed by atoms with Crippen molar-refractivity contribution in [1.29, 1.82) is 0 Å². The van der Waals surface area contributed by atoms with Gasteiger partial charge in [0.1, 0.15) is 0 Å². The van der Waals surface area contributed by atoms with E-state index in [9.17, 15) is 9.59 Å². The molecule has 1 aromatic heterocycles. The van der Waals surface area contributed by atoms with Crippen LogP contribution in [0.3, 0.4) is 0 Å². The Morgan fingerprint density at radius 1 is 1.59 bits per heavy atom. The van der Waals surface area contributed by atoms with Crippen LogP contribution in [0, 0.1) is 0 Å². The lowest BCUT2D eigenvalue weighted by Crippen LogP contribution is -2.30. The molecule has 4 nitrogen and oxygen atoms in total. The number of rotatable bonds is 6. The van der Waals surface area contributed by atoms with Gasteiger partial charge in [0.2, 0.25) is 5.91 Å². The number of methoxy groups -OCH3 is 1. The molecule has 0 bridgehead atoms. The molecule has 1 unspecified atom stereocenters. The fraction of sp³-hybridized carbons (Fsp3) is 0.455. The minimum atomic E-state index is -0.331. The number of carbonyl (C=O) groups is 2. The SMILES string of the molecule is COC(=O)CC(NC(=O)CCBr)c1cccs1. The van der Waals surface area contributed by atoms with Crippen LogP contribution in [0.4, 0.5) is 0 Å². The van der Waals surface area contributed by atoms with Crippen molar-refractivity contribution >= 4 is 39.1 Å². The van der Waals surface area contributed by atoms with Crippen LogP contribution in [0.1, 0.15) is 23.8 Å². The summed E-state index contributed by atoms with van der Waals surface area (Å²) in [7, 11) is 1.34. The first-order valence-corrected chi connectivity index (χ1v) is 7.13.